The molecule has 1 fully saturated rings. The van der Waals surface area contributed by atoms with E-state index in [2.05, 4.69) is 11.0 Å². The molecule has 0 amide bonds. The van der Waals surface area contributed by atoms with E-state index in [1.807, 2.05) is 54.5 Å². The molecule has 0 aliphatic carbocycles. The third kappa shape index (κ3) is 4.59. The zero-order valence-corrected chi connectivity index (χ0v) is 20.1. The molecule has 0 spiro atoms. The Hall–Kier alpha value is -3.13. The van der Waals surface area contributed by atoms with Gasteiger partial charge < -0.3 is 23.5 Å². The molecule has 34 heavy (non-hydrogen) atoms. The van der Waals surface area contributed by atoms with Gasteiger partial charge in [-0.15, -0.1) is 0 Å². The molecule has 1 aliphatic rings. The predicted molar refractivity (Wildman–Crippen MR) is 135 cm³/mol. The number of benzene rings is 1. The lowest BCUT2D eigenvalue weighted by atomic mass is 10.1. The predicted octanol–water partition coefficient (Wildman–Crippen LogP) is 4.09. The highest BCUT2D eigenvalue weighted by molar-refractivity contribution is 6.30. The number of hydrogen-bond donors (Lipinski definition) is 0. The van der Waals surface area contributed by atoms with Crippen molar-refractivity contribution in [3.05, 3.63) is 81.5 Å². The van der Waals surface area contributed by atoms with Gasteiger partial charge in [0.2, 0.25) is 0 Å². The standard InChI is InChI=1S/C26H27ClN4O3/c1-29-16-24(23-13-22(14-28-26(23)29)30-5-7-34-8-6-30)20-3-4-31(25(32)12-20)15-18-9-19(17-33-2)11-21(27)10-18/h3-4,9-14,16H,5-8,15,17H2,1-2H3. The van der Waals surface area contributed by atoms with Crippen LogP contribution in [0.3, 0.4) is 0 Å². The SMILES string of the molecule is COCc1cc(Cl)cc(Cn2ccc(-c3cn(C)c4ncc(N5CCOCC5)cc34)cc2=O)c1. The van der Waals surface area contributed by atoms with Gasteiger partial charge in [0.15, 0.2) is 0 Å². The van der Waals surface area contributed by atoms with E-state index in [-0.39, 0.29) is 5.56 Å². The number of pyridine rings is 2. The normalized spacial score (nSPS) is 14.1. The number of anilines is 1. The van der Waals surface area contributed by atoms with Gasteiger partial charge in [0, 0.05) is 61.7 Å². The zero-order valence-electron chi connectivity index (χ0n) is 19.3. The van der Waals surface area contributed by atoms with Crippen LogP contribution in [-0.2, 0) is 29.7 Å². The highest BCUT2D eigenvalue weighted by Gasteiger charge is 2.16. The molecule has 0 N–H and O–H groups in total. The summed E-state index contributed by atoms with van der Waals surface area (Å²) >= 11 is 6.26. The van der Waals surface area contributed by atoms with Gasteiger partial charge in [0.05, 0.1) is 38.2 Å². The van der Waals surface area contributed by atoms with Crippen molar-refractivity contribution in [1.82, 2.24) is 14.1 Å². The number of rotatable bonds is 6. The van der Waals surface area contributed by atoms with Gasteiger partial charge >= 0.3 is 0 Å². The Morgan fingerprint density at radius 1 is 1.12 bits per heavy atom. The Labute approximate surface area is 203 Å². The average Bonchev–Trinajstić information content (AvgIpc) is 3.16. The fourth-order valence-electron chi connectivity index (χ4n) is 4.54. The fraction of sp³-hybridized carbons (Fsp3) is 0.308. The van der Waals surface area contributed by atoms with E-state index in [1.165, 1.54) is 0 Å². The summed E-state index contributed by atoms with van der Waals surface area (Å²) in [4.78, 5) is 20.0. The smallest absolute Gasteiger partial charge is 0.251 e. The van der Waals surface area contributed by atoms with E-state index < -0.39 is 0 Å². The summed E-state index contributed by atoms with van der Waals surface area (Å²) in [6, 6.07) is 11.6. The van der Waals surface area contributed by atoms with Gasteiger partial charge in [0.25, 0.3) is 5.56 Å². The van der Waals surface area contributed by atoms with Crippen LogP contribution in [0, 0.1) is 0 Å². The molecule has 1 saturated heterocycles. The second-order valence-corrected chi connectivity index (χ2v) is 9.04. The largest absolute Gasteiger partial charge is 0.380 e. The molecule has 4 heterocycles. The minimum absolute atomic E-state index is 0.0694. The number of ether oxygens (including phenoxy) is 2. The molecule has 5 rings (SSSR count). The van der Waals surface area contributed by atoms with Gasteiger partial charge in [0.1, 0.15) is 5.65 Å². The van der Waals surface area contributed by atoms with Crippen molar-refractivity contribution in [1.29, 1.82) is 0 Å². The summed E-state index contributed by atoms with van der Waals surface area (Å²) in [6.07, 6.45) is 5.79. The van der Waals surface area contributed by atoms with Gasteiger partial charge in [-0.05, 0) is 41.0 Å². The maximum absolute atomic E-state index is 13.0. The Morgan fingerprint density at radius 3 is 2.68 bits per heavy atom. The summed E-state index contributed by atoms with van der Waals surface area (Å²) < 4.78 is 14.4. The van der Waals surface area contributed by atoms with Crippen LogP contribution in [0.4, 0.5) is 5.69 Å². The van der Waals surface area contributed by atoms with Crippen LogP contribution in [0.1, 0.15) is 11.1 Å². The third-order valence-corrected chi connectivity index (χ3v) is 6.38. The van der Waals surface area contributed by atoms with E-state index in [9.17, 15) is 4.79 Å². The summed E-state index contributed by atoms with van der Waals surface area (Å²) in [6.45, 7) is 4.05. The quantitative estimate of drug-likeness (QED) is 0.418. The van der Waals surface area contributed by atoms with E-state index in [4.69, 9.17) is 26.1 Å². The van der Waals surface area contributed by atoms with Gasteiger partial charge in [-0.3, -0.25) is 4.79 Å². The third-order valence-electron chi connectivity index (χ3n) is 6.16. The number of halogens is 1. The second-order valence-electron chi connectivity index (χ2n) is 8.60. The molecule has 4 aromatic rings. The molecule has 1 aliphatic heterocycles. The molecular weight excluding hydrogens is 452 g/mol. The molecular formula is C26H27ClN4O3. The van der Waals surface area contributed by atoms with E-state index in [0.29, 0.717) is 18.2 Å². The summed E-state index contributed by atoms with van der Waals surface area (Å²) in [7, 11) is 3.63. The first-order chi connectivity index (χ1) is 16.5. The lowest BCUT2D eigenvalue weighted by Crippen LogP contribution is -2.36. The number of fused-ring (bicyclic) bond motifs is 1. The lowest BCUT2D eigenvalue weighted by Gasteiger charge is -2.28. The Balaban J connectivity index is 1.47. The van der Waals surface area contributed by atoms with Gasteiger partial charge in [-0.25, -0.2) is 4.98 Å². The number of aromatic nitrogens is 3. The highest BCUT2D eigenvalue weighted by Crippen LogP contribution is 2.31. The van der Waals surface area contributed by atoms with Crippen molar-refractivity contribution in [3.8, 4) is 11.1 Å². The zero-order chi connectivity index (χ0) is 23.7. The first-order valence-electron chi connectivity index (χ1n) is 11.3. The molecule has 0 saturated carbocycles. The summed E-state index contributed by atoms with van der Waals surface area (Å²) in [5.41, 5.74) is 5.70. The summed E-state index contributed by atoms with van der Waals surface area (Å²) in [5, 5.41) is 1.66. The van der Waals surface area contributed by atoms with Crippen molar-refractivity contribution in [2.45, 2.75) is 13.2 Å². The minimum atomic E-state index is -0.0694. The molecule has 0 atom stereocenters. The number of methoxy groups -OCH3 is 1. The molecule has 0 unspecified atom stereocenters. The lowest BCUT2D eigenvalue weighted by molar-refractivity contribution is 0.122. The highest BCUT2D eigenvalue weighted by atomic mass is 35.5. The van der Waals surface area contributed by atoms with Crippen molar-refractivity contribution in [3.63, 3.8) is 0 Å². The average molecular weight is 479 g/mol. The van der Waals surface area contributed by atoms with Crippen LogP contribution < -0.4 is 10.5 Å². The Morgan fingerprint density at radius 2 is 1.91 bits per heavy atom. The first kappa shape index (κ1) is 22.7. The van der Waals surface area contributed by atoms with Crippen LogP contribution in [0.25, 0.3) is 22.2 Å². The van der Waals surface area contributed by atoms with Crippen molar-refractivity contribution in [2.75, 3.05) is 38.3 Å². The molecule has 7 nitrogen and oxygen atoms in total. The van der Waals surface area contributed by atoms with Crippen molar-refractivity contribution < 1.29 is 9.47 Å². The molecule has 0 bridgehead atoms. The molecule has 3 aromatic heterocycles. The van der Waals surface area contributed by atoms with E-state index in [0.717, 1.165) is 65.3 Å². The van der Waals surface area contributed by atoms with E-state index in [1.54, 1.807) is 17.7 Å². The van der Waals surface area contributed by atoms with Crippen LogP contribution in [0.2, 0.25) is 5.02 Å². The minimum Gasteiger partial charge on any atom is -0.380 e. The Bertz CT molecular complexity index is 1390. The van der Waals surface area contributed by atoms with Crippen LogP contribution >= 0.6 is 11.6 Å². The van der Waals surface area contributed by atoms with Gasteiger partial charge in [-0.1, -0.05) is 17.7 Å². The number of morpholine rings is 1. The topological polar surface area (TPSA) is 61.5 Å². The molecule has 1 aromatic carbocycles. The summed E-state index contributed by atoms with van der Waals surface area (Å²) in [5.74, 6) is 0. The first-order valence-corrected chi connectivity index (χ1v) is 11.7. The van der Waals surface area contributed by atoms with Crippen LogP contribution in [-0.4, -0.2) is 47.5 Å². The molecule has 176 valence electrons. The molecule has 8 heteroatoms. The fourth-order valence-corrected chi connectivity index (χ4v) is 4.82. The number of hydrogen-bond acceptors (Lipinski definition) is 5. The van der Waals surface area contributed by atoms with E-state index >= 15 is 0 Å². The van der Waals surface area contributed by atoms with Crippen molar-refractivity contribution in [2.24, 2.45) is 7.05 Å². The Kier molecular flexibility index (Phi) is 6.41. The number of aryl methyl sites for hydroxylation is 1. The maximum Gasteiger partial charge on any atom is 0.251 e. The maximum atomic E-state index is 13.0. The van der Waals surface area contributed by atoms with Crippen LogP contribution in [0.5, 0.6) is 0 Å². The van der Waals surface area contributed by atoms with Crippen LogP contribution in [0.15, 0.2) is 59.8 Å². The van der Waals surface area contributed by atoms with Crippen molar-refractivity contribution >= 4 is 28.3 Å². The second kappa shape index (κ2) is 9.62. The monoisotopic (exact) mass is 478 g/mol. The van der Waals surface area contributed by atoms with Gasteiger partial charge in [-0.2, -0.15) is 0 Å². The number of nitrogens with zero attached hydrogens (tertiary/aromatic N) is 4. The molecule has 0 radical (unpaired) electrons.